The SMILES string of the molecule is CCCCCC[CH]Cc1ccccc1C. The number of unbranched alkanes of at least 4 members (excludes halogenated alkanes) is 5. The second-order valence-electron chi connectivity index (χ2n) is 4.27. The molecule has 0 aliphatic rings. The standard InChI is InChI=1S/C15H23/c1-3-4-5-6-7-8-12-15-13-10-9-11-14(15)2/h8-11,13H,3-7,12H2,1-2H3. The van der Waals surface area contributed by atoms with Gasteiger partial charge >= 0.3 is 0 Å². The summed E-state index contributed by atoms with van der Waals surface area (Å²) in [7, 11) is 0. The molecule has 15 heavy (non-hydrogen) atoms. The van der Waals surface area contributed by atoms with Crippen LogP contribution < -0.4 is 0 Å². The third-order valence-electron chi connectivity index (χ3n) is 2.89. The second-order valence-corrected chi connectivity index (χ2v) is 4.27. The van der Waals surface area contributed by atoms with Gasteiger partial charge in [-0.15, -0.1) is 0 Å². The van der Waals surface area contributed by atoms with E-state index >= 15 is 0 Å². The van der Waals surface area contributed by atoms with Crippen molar-refractivity contribution in [1.29, 1.82) is 0 Å². The molecule has 0 spiro atoms. The Bertz CT molecular complexity index is 262. The molecule has 83 valence electrons. The molecule has 1 aromatic carbocycles. The summed E-state index contributed by atoms with van der Waals surface area (Å²) in [6, 6.07) is 8.67. The molecule has 0 unspecified atom stereocenters. The summed E-state index contributed by atoms with van der Waals surface area (Å²) < 4.78 is 0. The van der Waals surface area contributed by atoms with E-state index in [2.05, 4.69) is 44.5 Å². The van der Waals surface area contributed by atoms with E-state index in [4.69, 9.17) is 0 Å². The van der Waals surface area contributed by atoms with E-state index in [9.17, 15) is 0 Å². The summed E-state index contributed by atoms with van der Waals surface area (Å²) in [6.07, 6.45) is 10.3. The Morgan fingerprint density at radius 3 is 2.60 bits per heavy atom. The van der Waals surface area contributed by atoms with Crippen LogP contribution in [0.4, 0.5) is 0 Å². The zero-order chi connectivity index (χ0) is 10.9. The van der Waals surface area contributed by atoms with Crippen LogP contribution in [0.5, 0.6) is 0 Å². The Kier molecular flexibility index (Phi) is 6.15. The van der Waals surface area contributed by atoms with Crippen LogP contribution >= 0.6 is 0 Å². The number of aryl methyl sites for hydroxylation is 1. The summed E-state index contributed by atoms with van der Waals surface area (Å²) >= 11 is 0. The lowest BCUT2D eigenvalue weighted by Crippen LogP contribution is -1.90. The Morgan fingerprint density at radius 1 is 1.07 bits per heavy atom. The molecular formula is C15H23. The number of benzene rings is 1. The first-order valence-electron chi connectivity index (χ1n) is 6.20. The molecule has 0 saturated heterocycles. The molecule has 1 aromatic rings. The van der Waals surface area contributed by atoms with Crippen molar-refractivity contribution >= 4 is 0 Å². The van der Waals surface area contributed by atoms with Crippen LogP contribution in [0, 0.1) is 13.3 Å². The first-order chi connectivity index (χ1) is 7.34. The molecule has 0 N–H and O–H groups in total. The minimum atomic E-state index is 1.14. The monoisotopic (exact) mass is 203 g/mol. The van der Waals surface area contributed by atoms with E-state index < -0.39 is 0 Å². The molecule has 1 radical (unpaired) electrons. The fourth-order valence-electron chi connectivity index (χ4n) is 1.81. The summed E-state index contributed by atoms with van der Waals surface area (Å²) in [5.74, 6) is 0. The van der Waals surface area contributed by atoms with Crippen molar-refractivity contribution in [3.8, 4) is 0 Å². The summed E-state index contributed by atoms with van der Waals surface area (Å²) in [6.45, 7) is 4.46. The van der Waals surface area contributed by atoms with Gasteiger partial charge in [0.2, 0.25) is 0 Å². The van der Waals surface area contributed by atoms with Gasteiger partial charge in [-0.05, 0) is 37.3 Å². The van der Waals surface area contributed by atoms with Gasteiger partial charge in [0.1, 0.15) is 0 Å². The Balaban J connectivity index is 2.12. The van der Waals surface area contributed by atoms with Gasteiger partial charge in [0.25, 0.3) is 0 Å². The van der Waals surface area contributed by atoms with Crippen LogP contribution in [0.1, 0.15) is 50.2 Å². The molecular weight excluding hydrogens is 180 g/mol. The van der Waals surface area contributed by atoms with Crippen molar-refractivity contribution in [2.24, 2.45) is 0 Å². The van der Waals surface area contributed by atoms with Gasteiger partial charge in [-0.25, -0.2) is 0 Å². The van der Waals surface area contributed by atoms with Crippen molar-refractivity contribution in [2.75, 3.05) is 0 Å². The van der Waals surface area contributed by atoms with Gasteiger partial charge < -0.3 is 0 Å². The fourth-order valence-corrected chi connectivity index (χ4v) is 1.81. The normalized spacial score (nSPS) is 10.5. The van der Waals surface area contributed by atoms with Gasteiger partial charge in [0.15, 0.2) is 0 Å². The molecule has 0 aliphatic carbocycles. The lowest BCUT2D eigenvalue weighted by Gasteiger charge is -2.04. The zero-order valence-corrected chi connectivity index (χ0v) is 10.1. The van der Waals surface area contributed by atoms with E-state index in [1.54, 1.807) is 0 Å². The highest BCUT2D eigenvalue weighted by Crippen LogP contribution is 2.12. The van der Waals surface area contributed by atoms with Crippen molar-refractivity contribution < 1.29 is 0 Å². The number of hydrogen-bond acceptors (Lipinski definition) is 0. The molecule has 0 nitrogen and oxygen atoms in total. The molecule has 0 bridgehead atoms. The molecule has 0 fully saturated rings. The van der Waals surface area contributed by atoms with Crippen LogP contribution in [-0.2, 0) is 6.42 Å². The largest absolute Gasteiger partial charge is 0.0654 e. The summed E-state index contributed by atoms with van der Waals surface area (Å²) in [4.78, 5) is 0. The maximum atomic E-state index is 2.43. The van der Waals surface area contributed by atoms with Crippen LogP contribution in [0.3, 0.4) is 0 Å². The van der Waals surface area contributed by atoms with Gasteiger partial charge in [-0.3, -0.25) is 0 Å². The number of hydrogen-bond donors (Lipinski definition) is 0. The third-order valence-corrected chi connectivity index (χ3v) is 2.89. The van der Waals surface area contributed by atoms with E-state index in [0.29, 0.717) is 0 Å². The smallest absolute Gasteiger partial charge is 0.0245 e. The topological polar surface area (TPSA) is 0 Å². The van der Waals surface area contributed by atoms with Crippen molar-refractivity contribution in [3.63, 3.8) is 0 Å². The van der Waals surface area contributed by atoms with Crippen molar-refractivity contribution in [1.82, 2.24) is 0 Å². The van der Waals surface area contributed by atoms with Crippen LogP contribution in [0.2, 0.25) is 0 Å². The van der Waals surface area contributed by atoms with Gasteiger partial charge in [0.05, 0.1) is 0 Å². The highest BCUT2D eigenvalue weighted by Gasteiger charge is 1.96. The minimum Gasteiger partial charge on any atom is -0.0654 e. The average Bonchev–Trinajstić information content (AvgIpc) is 2.25. The molecule has 0 amide bonds. The van der Waals surface area contributed by atoms with Crippen molar-refractivity contribution in [3.05, 3.63) is 41.8 Å². The van der Waals surface area contributed by atoms with Crippen LogP contribution in [-0.4, -0.2) is 0 Å². The maximum Gasteiger partial charge on any atom is -0.0245 e. The second kappa shape index (κ2) is 7.50. The predicted molar refractivity (Wildman–Crippen MR) is 67.9 cm³/mol. The summed E-state index contributed by atoms with van der Waals surface area (Å²) in [5, 5.41) is 0. The van der Waals surface area contributed by atoms with Gasteiger partial charge in [-0.2, -0.15) is 0 Å². The summed E-state index contributed by atoms with van der Waals surface area (Å²) in [5.41, 5.74) is 2.90. The predicted octanol–water partition coefficient (Wildman–Crippen LogP) is 4.71. The van der Waals surface area contributed by atoms with Crippen molar-refractivity contribution in [2.45, 2.75) is 52.4 Å². The Hall–Kier alpha value is -0.780. The highest BCUT2D eigenvalue weighted by molar-refractivity contribution is 5.26. The zero-order valence-electron chi connectivity index (χ0n) is 10.1. The molecule has 0 atom stereocenters. The quantitative estimate of drug-likeness (QED) is 0.563. The van der Waals surface area contributed by atoms with Gasteiger partial charge in [0, 0.05) is 0 Å². The molecule has 0 saturated carbocycles. The molecule has 0 aliphatic heterocycles. The Labute approximate surface area is 94.7 Å². The highest BCUT2D eigenvalue weighted by atomic mass is 14.0. The average molecular weight is 203 g/mol. The fraction of sp³-hybridized carbons (Fsp3) is 0.533. The first-order valence-corrected chi connectivity index (χ1v) is 6.20. The molecule has 0 heteroatoms. The minimum absolute atomic E-state index is 1.14. The molecule has 0 aromatic heterocycles. The molecule has 1 rings (SSSR count). The lowest BCUT2D eigenvalue weighted by molar-refractivity contribution is 0.657. The van der Waals surface area contributed by atoms with Gasteiger partial charge in [-0.1, -0.05) is 56.9 Å². The van der Waals surface area contributed by atoms with E-state index in [-0.39, 0.29) is 0 Å². The Morgan fingerprint density at radius 2 is 1.87 bits per heavy atom. The lowest BCUT2D eigenvalue weighted by atomic mass is 10.0. The van der Waals surface area contributed by atoms with E-state index in [0.717, 1.165) is 6.42 Å². The maximum absolute atomic E-state index is 2.43. The van der Waals surface area contributed by atoms with Crippen LogP contribution in [0.15, 0.2) is 24.3 Å². The first kappa shape index (κ1) is 12.3. The number of rotatable bonds is 7. The van der Waals surface area contributed by atoms with E-state index in [1.807, 2.05) is 0 Å². The van der Waals surface area contributed by atoms with E-state index in [1.165, 1.54) is 43.2 Å². The third kappa shape index (κ3) is 5.01. The molecule has 0 heterocycles. The van der Waals surface area contributed by atoms with Crippen LogP contribution in [0.25, 0.3) is 0 Å².